The molecule has 13 aromatic rings. The lowest BCUT2D eigenvalue weighted by Gasteiger charge is -2.38. The molecule has 4 nitrogen and oxygen atoms in total. The van der Waals surface area contributed by atoms with Crippen molar-refractivity contribution in [2.24, 2.45) is 28.2 Å². The van der Waals surface area contributed by atoms with E-state index in [1.165, 1.54) is 278 Å². The van der Waals surface area contributed by atoms with Gasteiger partial charge in [-0.15, -0.1) is 0 Å². The molecule has 10 aliphatic rings. The third kappa shape index (κ3) is 16.2. The number of hydrogen-bond acceptors (Lipinski definition) is 0. The van der Waals surface area contributed by atoms with Crippen molar-refractivity contribution in [3.63, 3.8) is 0 Å². The Morgan fingerprint density at radius 2 is 0.611 bits per heavy atom. The largest absolute Gasteiger partial charge is 0.221 e. The van der Waals surface area contributed by atoms with Gasteiger partial charge in [0.25, 0.3) is 0 Å². The Kier molecular flexibility index (Phi) is 21.7. The van der Waals surface area contributed by atoms with Crippen molar-refractivity contribution in [2.45, 2.75) is 319 Å². The molecule has 9 aromatic carbocycles. The summed E-state index contributed by atoms with van der Waals surface area (Å²) in [6.45, 7) is 42.6. The molecule has 0 N–H and O–H groups in total. The Hall–Kier alpha value is -8.25. The van der Waals surface area contributed by atoms with Crippen molar-refractivity contribution in [1.29, 1.82) is 0 Å². The molecule has 4 aliphatic heterocycles. The zero-order valence-corrected chi connectivity index (χ0v) is 85.0. The quantitative estimate of drug-likeness (QED) is 0.112. The molecule has 2 atom stereocenters. The molecule has 0 amide bonds. The highest BCUT2D eigenvalue weighted by Gasteiger charge is 2.44. The molecule has 652 valence electrons. The van der Waals surface area contributed by atoms with Crippen LogP contribution in [0.4, 0.5) is 0 Å². The van der Waals surface area contributed by atoms with Crippen LogP contribution in [0.15, 0.2) is 170 Å². The molecule has 8 heterocycles. The first-order chi connectivity index (χ1) is 61.7. The Morgan fingerprint density at radius 3 is 1.02 bits per heavy atom. The average molecular weight is 1740 g/mol. The van der Waals surface area contributed by atoms with E-state index in [-0.39, 0.29) is 5.41 Å². The van der Waals surface area contributed by atoms with E-state index in [9.17, 15) is 0 Å². The maximum Gasteiger partial charge on any atom is 0.221 e. The van der Waals surface area contributed by atoms with Gasteiger partial charge in [-0.05, 0) is 318 Å². The summed E-state index contributed by atoms with van der Waals surface area (Å²) in [7, 11) is 4.69. The minimum Gasteiger partial charge on any atom is -0.198 e. The SMILES string of the molecule is [2H]c1c(C)[n+](C)c(-c2cc3c(cc2C)C2CCC3C2)c2ccc(C3CC[Si](C)(C)CC3)cc12.[2H]c1c(C)[n+](C)c(-c2cc3c(cc2C)C2CCC3CC2)c2ccc(C3CC[Si](C)(C)CC3)cc12.[2H]c1c(C)[n+](C)c(-c2cc3ccccc3cc2C)c2ccc(C3CC[Si](C)(C)CC3)cc12.[2H]c1c(C)[n+](C)c2c3c(cc(C4CC[Si](C)(C)CC4)cc13)C(C)(C)c1cccc(C)c1-2. The van der Waals surface area contributed by atoms with Gasteiger partial charge in [-0.2, -0.15) is 18.3 Å². The van der Waals surface area contributed by atoms with E-state index in [0.717, 1.165) is 68.0 Å². The molecule has 2 saturated carbocycles. The van der Waals surface area contributed by atoms with Crippen LogP contribution in [0.25, 0.3) is 98.9 Å². The van der Waals surface area contributed by atoms with Crippen LogP contribution in [0, 0.1) is 55.4 Å². The second-order valence-corrected chi connectivity index (χ2v) is 66.9. The van der Waals surface area contributed by atoms with Crippen molar-refractivity contribution >= 4 is 86.2 Å². The number of hydrogen-bond donors (Lipinski definition) is 0. The van der Waals surface area contributed by atoms with E-state index >= 15 is 0 Å². The molecule has 8 heteroatoms. The van der Waals surface area contributed by atoms with Crippen molar-refractivity contribution in [1.82, 2.24) is 0 Å². The summed E-state index contributed by atoms with van der Waals surface area (Å²) in [5, 5.41) is 12.1. The van der Waals surface area contributed by atoms with Gasteiger partial charge in [-0.1, -0.05) is 224 Å². The van der Waals surface area contributed by atoms with E-state index in [0.29, 0.717) is 47.8 Å². The summed E-state index contributed by atoms with van der Waals surface area (Å²) >= 11 is 0. The Morgan fingerprint density at radius 1 is 0.286 bits per heavy atom. The maximum atomic E-state index is 9.05. The van der Waals surface area contributed by atoms with Gasteiger partial charge < -0.3 is 0 Å². The Labute approximate surface area is 767 Å². The molecule has 4 saturated heterocycles. The predicted octanol–water partition coefficient (Wildman–Crippen LogP) is 31.0. The van der Waals surface area contributed by atoms with E-state index in [2.05, 4.69) is 314 Å². The van der Waals surface area contributed by atoms with Gasteiger partial charge in [0.05, 0.1) is 49.3 Å². The summed E-state index contributed by atoms with van der Waals surface area (Å²) in [5.74, 6) is 5.73. The third-order valence-electron chi connectivity index (χ3n) is 34.6. The molecule has 126 heavy (non-hydrogen) atoms. The number of rotatable bonds is 7. The van der Waals surface area contributed by atoms with E-state index < -0.39 is 32.3 Å². The topological polar surface area (TPSA) is 15.5 Å². The van der Waals surface area contributed by atoms with Crippen molar-refractivity contribution in [3.05, 3.63) is 270 Å². The number of benzene rings is 9. The normalized spacial score (nSPS) is 21.8. The lowest BCUT2D eigenvalue weighted by molar-refractivity contribution is -0.665. The van der Waals surface area contributed by atoms with Gasteiger partial charge in [0.15, 0.2) is 22.8 Å². The molecule has 4 aromatic heterocycles. The number of fused-ring (bicyclic) bond motifs is 13. The molecule has 4 bridgehead atoms. The highest BCUT2D eigenvalue weighted by Crippen LogP contribution is 2.57. The smallest absolute Gasteiger partial charge is 0.198 e. The summed E-state index contributed by atoms with van der Waals surface area (Å²) in [5.41, 5.74) is 35.2. The van der Waals surface area contributed by atoms with E-state index in [1.807, 2.05) is 0 Å². The third-order valence-corrected chi connectivity index (χ3v) is 47.8. The zero-order valence-electron chi connectivity index (χ0n) is 85.0. The van der Waals surface area contributed by atoms with Gasteiger partial charge in [0.1, 0.15) is 28.2 Å². The summed E-state index contributed by atoms with van der Waals surface area (Å²) in [4.78, 5) is 0. The average Bonchev–Trinajstić information content (AvgIpc) is 0.804. The Balaban J connectivity index is 0.000000112. The summed E-state index contributed by atoms with van der Waals surface area (Å²) in [6.07, 6.45) is 20.2. The maximum absolute atomic E-state index is 9.05. The number of aromatic nitrogens is 4. The van der Waals surface area contributed by atoms with Crippen LogP contribution < -0.4 is 18.3 Å². The standard InChI is InChI=1S/C31H40NSi.C30H38NSi.C29H34NSi.C28H36NSi/c1-20-16-29-23-6-8-24(9-7-23)30(29)19-28(20)31-27-11-10-25(18-26(27)17-21(2)32(31)3)22-12-14-33(4,5)15-13-22;1-19-14-28-23-6-7-24(17-23)29(28)18-27(19)30-26-9-8-22(16-25(26)15-20(2)31(30)3)21-10-12-32(4,5)13-11-21;1-20-16-23-8-6-7-9-24(23)19-28(20)29-27-11-10-25(18-26(27)17-21(2)30(29)3)22-12-14-31(4,5)15-13-22;1-18-9-8-10-23-25(18)27-26-22(15-19(2)29(27)5)16-21(17-24(26)28(23,3)4)20-11-13-30(6,7)14-12-20/h10-11,16-19,22-24H,6-9,12-15H2,1-5H3;8-9,14-16,18,21,23-24H,6-7,10-13,17H2,1-5H3;6-11,16-19,22H,12-15H2,1-5H3;8-10,15-17,20H,11-14H2,1-7H3/q4*+1/i17D;15D;17D;15D. The molecular weight excluding hydrogens is 1590 g/mol. The van der Waals surface area contributed by atoms with E-state index in [4.69, 9.17) is 5.48 Å². The number of nitrogens with zero attached hydrogens (tertiary/aromatic N) is 4. The number of aryl methyl sites for hydroxylation is 4. The minimum atomic E-state index is -0.988. The van der Waals surface area contributed by atoms with Crippen molar-refractivity contribution in [2.75, 3.05) is 0 Å². The fourth-order valence-electron chi connectivity index (χ4n) is 25.8. The molecular formula is C118H148N4Si4+4. The molecule has 0 spiro atoms. The molecule has 2 unspecified atom stereocenters. The summed E-state index contributed by atoms with van der Waals surface area (Å²) < 4.78 is 45.0. The van der Waals surface area contributed by atoms with Crippen LogP contribution in [-0.2, 0) is 33.6 Å². The highest BCUT2D eigenvalue weighted by atomic mass is 28.3. The minimum absolute atomic E-state index is 0.0694. The van der Waals surface area contributed by atoms with Crippen LogP contribution in [0.5, 0.6) is 0 Å². The second kappa shape index (κ2) is 33.3. The molecule has 23 rings (SSSR count). The van der Waals surface area contributed by atoms with Gasteiger partial charge in [-0.3, -0.25) is 0 Å². The monoisotopic (exact) mass is 1740 g/mol. The summed E-state index contributed by atoms with van der Waals surface area (Å²) in [6, 6.07) is 70.4. The first-order valence-electron chi connectivity index (χ1n) is 51.4. The fourth-order valence-corrected chi connectivity index (χ4v) is 35.8. The number of pyridine rings is 4. The van der Waals surface area contributed by atoms with E-state index in [1.54, 1.807) is 22.3 Å². The van der Waals surface area contributed by atoms with Gasteiger partial charge in [0, 0.05) is 89.6 Å². The lowest BCUT2D eigenvalue weighted by atomic mass is 9.66. The first-order valence-corrected chi connectivity index (χ1v) is 63.1. The molecule has 0 radical (unpaired) electrons. The predicted molar refractivity (Wildman–Crippen MR) is 549 cm³/mol. The lowest BCUT2D eigenvalue weighted by Crippen LogP contribution is -2.38. The van der Waals surface area contributed by atoms with Gasteiger partial charge in [0.2, 0.25) is 22.8 Å². The molecule has 6 fully saturated rings. The van der Waals surface area contributed by atoms with Crippen LogP contribution >= 0.6 is 0 Å². The second-order valence-electron chi connectivity index (χ2n) is 45.6. The van der Waals surface area contributed by atoms with Crippen molar-refractivity contribution in [3.8, 4) is 45.0 Å². The van der Waals surface area contributed by atoms with Crippen molar-refractivity contribution < 1.29 is 23.8 Å². The first kappa shape index (κ1) is 82.2. The molecule has 6 aliphatic carbocycles. The van der Waals surface area contributed by atoms with Crippen LogP contribution in [-0.4, -0.2) is 32.3 Å². The highest BCUT2D eigenvalue weighted by molar-refractivity contribution is 6.78. The van der Waals surface area contributed by atoms with Gasteiger partial charge in [-0.25, -0.2) is 0 Å². The fraction of sp³-hybridized carbons (Fsp3) is 0.458. The van der Waals surface area contributed by atoms with Crippen LogP contribution in [0.1, 0.15) is 264 Å². The zero-order chi connectivity index (χ0) is 91.8. The Bertz CT molecular complexity index is 6760. The van der Waals surface area contributed by atoms with Crippen LogP contribution in [0.2, 0.25) is 101 Å². The van der Waals surface area contributed by atoms with Crippen LogP contribution in [0.3, 0.4) is 0 Å². The van der Waals surface area contributed by atoms with Gasteiger partial charge >= 0.3 is 0 Å².